The number of benzene rings is 3. The van der Waals surface area contributed by atoms with Gasteiger partial charge in [-0.15, -0.1) is 0 Å². The largest absolute Gasteiger partial charge is 0.341 e. The lowest BCUT2D eigenvalue weighted by Gasteiger charge is -2.36. The third-order valence-corrected chi connectivity index (χ3v) is 7.46. The van der Waals surface area contributed by atoms with Crippen LogP contribution in [0, 0.1) is 6.92 Å². The Morgan fingerprint density at radius 2 is 1.22 bits per heavy atom. The molecule has 3 unspecified atom stereocenters. The molecule has 0 saturated carbocycles. The maximum Gasteiger partial charge on any atom is 0.341 e. The van der Waals surface area contributed by atoms with Crippen LogP contribution < -0.4 is 27.1 Å². The van der Waals surface area contributed by atoms with E-state index in [0.29, 0.717) is 24.4 Å². The van der Waals surface area contributed by atoms with Gasteiger partial charge in [0.15, 0.2) is 0 Å². The van der Waals surface area contributed by atoms with E-state index in [1.807, 2.05) is 98.8 Å². The molecule has 13 heteroatoms. The zero-order chi connectivity index (χ0) is 33.2. The predicted octanol–water partition coefficient (Wildman–Crippen LogP) is 3.33. The van der Waals surface area contributed by atoms with Crippen molar-refractivity contribution in [2.45, 2.75) is 57.8 Å². The fourth-order valence-corrected chi connectivity index (χ4v) is 5.09. The van der Waals surface area contributed by atoms with E-state index in [1.165, 1.54) is 0 Å². The molecule has 3 aliphatic rings. The highest BCUT2D eigenvalue weighted by Gasteiger charge is 2.34. The van der Waals surface area contributed by atoms with Crippen molar-refractivity contribution < 1.29 is 28.8 Å². The van der Waals surface area contributed by atoms with E-state index in [1.54, 1.807) is 4.90 Å². The number of imide groups is 3. The van der Waals surface area contributed by atoms with Crippen LogP contribution in [-0.4, -0.2) is 51.8 Å². The summed E-state index contributed by atoms with van der Waals surface area (Å²) in [6.45, 7) is 4.31. The summed E-state index contributed by atoms with van der Waals surface area (Å²) in [6, 6.07) is 25.1. The smallest absolute Gasteiger partial charge is 0.330 e. The number of hydrazine groups is 1. The highest BCUT2D eigenvalue weighted by atomic mass is 16.2. The van der Waals surface area contributed by atoms with Gasteiger partial charge < -0.3 is 15.5 Å². The first-order valence-corrected chi connectivity index (χ1v) is 14.7. The number of hydrogen-bond donors (Lipinski definition) is 5. The van der Waals surface area contributed by atoms with Gasteiger partial charge in [-0.3, -0.25) is 25.0 Å². The molecule has 3 saturated heterocycles. The van der Waals surface area contributed by atoms with E-state index in [4.69, 9.17) is 5.84 Å². The summed E-state index contributed by atoms with van der Waals surface area (Å²) in [6.07, 6.45) is 0.875. The van der Waals surface area contributed by atoms with Gasteiger partial charge in [-0.25, -0.2) is 20.2 Å². The third kappa shape index (κ3) is 9.22. The molecule has 13 nitrogen and oxygen atoms in total. The fourth-order valence-electron chi connectivity index (χ4n) is 5.09. The van der Waals surface area contributed by atoms with Crippen LogP contribution in [0.1, 0.15) is 60.5 Å². The maximum atomic E-state index is 11.9. The molecule has 0 aliphatic carbocycles. The SMILES string of the molecule is CC1CC(=O)N(N)C(=O)N1Cc1ccccc1.Cc1cccc(C2CC(=O)NC(=O)N2)c1.O=C1CC(c2ccccc2)NC(=O)N1. The Bertz CT molecular complexity index is 1550. The van der Waals surface area contributed by atoms with Crippen molar-refractivity contribution in [2.75, 3.05) is 0 Å². The second-order valence-corrected chi connectivity index (χ2v) is 11.1. The van der Waals surface area contributed by atoms with Gasteiger partial charge in [0.25, 0.3) is 0 Å². The maximum absolute atomic E-state index is 11.9. The summed E-state index contributed by atoms with van der Waals surface area (Å²) in [7, 11) is 0. The number of nitrogens with two attached hydrogens (primary N) is 1. The van der Waals surface area contributed by atoms with Crippen molar-refractivity contribution in [1.82, 2.24) is 31.2 Å². The molecule has 3 aromatic carbocycles. The van der Waals surface area contributed by atoms with Crippen molar-refractivity contribution in [3.05, 3.63) is 107 Å². The van der Waals surface area contributed by atoms with Gasteiger partial charge in [0.2, 0.25) is 17.7 Å². The summed E-state index contributed by atoms with van der Waals surface area (Å²) in [4.78, 5) is 69.2. The minimum Gasteiger partial charge on any atom is -0.330 e. The van der Waals surface area contributed by atoms with Crippen LogP contribution in [0.25, 0.3) is 0 Å². The van der Waals surface area contributed by atoms with Crippen LogP contribution in [0.15, 0.2) is 84.9 Å². The average Bonchev–Trinajstić information content (AvgIpc) is 3.03. The number of nitrogens with one attached hydrogen (secondary N) is 4. The first kappa shape index (κ1) is 33.3. The van der Waals surface area contributed by atoms with Crippen LogP contribution in [0.3, 0.4) is 0 Å². The van der Waals surface area contributed by atoms with Crippen molar-refractivity contribution >= 4 is 35.8 Å². The van der Waals surface area contributed by atoms with Crippen molar-refractivity contribution in [3.63, 3.8) is 0 Å². The normalized spacial score (nSPS) is 21.0. The van der Waals surface area contributed by atoms with Gasteiger partial charge in [-0.2, -0.15) is 5.01 Å². The Morgan fingerprint density at radius 3 is 1.76 bits per heavy atom. The molecule has 0 bridgehead atoms. The van der Waals surface area contributed by atoms with Gasteiger partial charge >= 0.3 is 18.1 Å². The third-order valence-electron chi connectivity index (χ3n) is 7.46. The van der Waals surface area contributed by atoms with Crippen molar-refractivity contribution in [1.29, 1.82) is 0 Å². The molecule has 3 aliphatic heterocycles. The number of amides is 9. The number of carbonyl (C=O) groups is 6. The molecule has 6 rings (SSSR count). The Balaban J connectivity index is 0.000000157. The number of hydrogen-bond acceptors (Lipinski definition) is 7. The van der Waals surface area contributed by atoms with Crippen LogP contribution in [0.5, 0.6) is 0 Å². The summed E-state index contributed by atoms with van der Waals surface area (Å²) in [5, 5.41) is 10.5. The second-order valence-electron chi connectivity index (χ2n) is 11.1. The standard InChI is InChI=1S/C12H15N3O2.C11H12N2O2.C10H10N2O2/c1-9-7-11(16)15(13)12(17)14(9)8-10-5-3-2-4-6-10;1-7-3-2-4-8(5-7)9-6-10(14)13-11(15)12-9;13-9-6-8(11-10(14)12-9)7-4-2-1-3-5-7/h2-6,9H,7-8,13H2,1H3;2-5,9H,6H2,1H3,(H2,12,13,14,15);1-5,8H,6H2,(H2,11,12,13,14). The Labute approximate surface area is 266 Å². The molecule has 0 radical (unpaired) electrons. The van der Waals surface area contributed by atoms with Crippen LogP contribution in [0.4, 0.5) is 14.4 Å². The van der Waals surface area contributed by atoms with Crippen LogP contribution in [-0.2, 0) is 20.9 Å². The van der Waals surface area contributed by atoms with Gasteiger partial charge in [-0.05, 0) is 30.5 Å². The highest BCUT2D eigenvalue weighted by molar-refractivity contribution is 5.98. The number of rotatable bonds is 4. The highest BCUT2D eigenvalue weighted by Crippen LogP contribution is 2.21. The monoisotopic (exact) mass is 627 g/mol. The molecule has 6 N–H and O–H groups in total. The first-order valence-electron chi connectivity index (χ1n) is 14.7. The zero-order valence-electron chi connectivity index (χ0n) is 25.6. The molecule has 0 aromatic heterocycles. The van der Waals surface area contributed by atoms with E-state index in [9.17, 15) is 28.8 Å². The van der Waals surface area contributed by atoms with E-state index >= 15 is 0 Å². The molecular weight excluding hydrogens is 590 g/mol. The number of aryl methyl sites for hydroxylation is 1. The molecule has 3 fully saturated rings. The minimum atomic E-state index is -0.433. The zero-order valence-corrected chi connectivity index (χ0v) is 25.6. The Morgan fingerprint density at radius 1 is 0.696 bits per heavy atom. The first-order chi connectivity index (χ1) is 22.0. The predicted molar refractivity (Wildman–Crippen MR) is 168 cm³/mol. The lowest BCUT2D eigenvalue weighted by Crippen LogP contribution is -2.58. The fraction of sp³-hybridized carbons (Fsp3) is 0.273. The lowest BCUT2D eigenvalue weighted by atomic mass is 10.0. The molecule has 3 atom stereocenters. The molecule has 0 spiro atoms. The summed E-state index contributed by atoms with van der Waals surface area (Å²) < 4.78 is 0. The lowest BCUT2D eigenvalue weighted by molar-refractivity contribution is -0.133. The van der Waals surface area contributed by atoms with Crippen molar-refractivity contribution in [2.24, 2.45) is 5.84 Å². The average molecular weight is 628 g/mol. The van der Waals surface area contributed by atoms with Gasteiger partial charge in [-0.1, -0.05) is 90.5 Å². The number of urea groups is 3. The Hall–Kier alpha value is -5.56. The number of carbonyl (C=O) groups excluding carboxylic acids is 6. The summed E-state index contributed by atoms with van der Waals surface area (Å²) in [5.41, 5.74) is 4.07. The number of nitrogens with zero attached hydrogens (tertiary/aromatic N) is 2. The van der Waals surface area contributed by atoms with Gasteiger partial charge in [0.1, 0.15) is 0 Å². The minimum absolute atomic E-state index is 0.116. The van der Waals surface area contributed by atoms with Crippen LogP contribution >= 0.6 is 0 Å². The van der Waals surface area contributed by atoms with Gasteiger partial charge in [0, 0.05) is 19.0 Å². The van der Waals surface area contributed by atoms with Crippen molar-refractivity contribution in [3.8, 4) is 0 Å². The van der Waals surface area contributed by atoms with Gasteiger partial charge in [0.05, 0.1) is 24.9 Å². The molecule has 240 valence electrons. The molecular formula is C33H37N7O6. The molecule has 46 heavy (non-hydrogen) atoms. The van der Waals surface area contributed by atoms with E-state index < -0.39 is 18.1 Å². The second kappa shape index (κ2) is 15.4. The molecule has 9 amide bonds. The Kier molecular flexibility index (Phi) is 11.2. The van der Waals surface area contributed by atoms with Crippen LogP contribution in [0.2, 0.25) is 0 Å². The topological polar surface area (TPSA) is 183 Å². The summed E-state index contributed by atoms with van der Waals surface area (Å²) >= 11 is 0. The quantitative estimate of drug-likeness (QED) is 0.217. The van der Waals surface area contributed by atoms with E-state index in [0.717, 1.165) is 22.3 Å². The molecule has 3 aromatic rings. The molecule has 3 heterocycles. The van der Waals surface area contributed by atoms with E-state index in [-0.39, 0.29) is 42.3 Å². The summed E-state index contributed by atoms with van der Waals surface area (Å²) in [5.74, 6) is 4.63. The van der Waals surface area contributed by atoms with E-state index in [2.05, 4.69) is 21.3 Å².